The van der Waals surface area contributed by atoms with E-state index in [1.54, 1.807) is 0 Å². The van der Waals surface area contributed by atoms with Gasteiger partial charge in [-0.05, 0) is 58.2 Å². The molecule has 1 aromatic rings. The minimum Gasteiger partial charge on any atom is -0.462 e. The van der Waals surface area contributed by atoms with E-state index in [1.165, 1.54) is 18.4 Å². The zero-order chi connectivity index (χ0) is 15.0. The molecule has 112 valence electrons. The first kappa shape index (κ1) is 16.4. The Labute approximate surface area is 120 Å². The van der Waals surface area contributed by atoms with Gasteiger partial charge in [-0.3, -0.25) is 4.79 Å². The average molecular weight is 280 g/mol. The van der Waals surface area contributed by atoms with E-state index >= 15 is 0 Å². The second kappa shape index (κ2) is 7.79. The molecule has 1 aromatic heterocycles. The molecule has 2 heterocycles. The predicted molar refractivity (Wildman–Crippen MR) is 78.2 cm³/mol. The lowest BCUT2D eigenvalue weighted by Gasteiger charge is -2.22. The Hall–Kier alpha value is -1.69. The highest BCUT2D eigenvalue weighted by Gasteiger charge is 2.15. The SMILES string of the molecule is CC(C)(C)OC=O.Nc1ncc(C2CCNCC2)cn1. The predicted octanol–water partition coefficient (Wildman–Crippen LogP) is 1.48. The summed E-state index contributed by atoms with van der Waals surface area (Å²) in [6, 6.07) is 0. The second-order valence-electron chi connectivity index (χ2n) is 5.73. The van der Waals surface area contributed by atoms with Crippen molar-refractivity contribution in [3.63, 3.8) is 0 Å². The molecule has 6 heteroatoms. The number of aromatic nitrogens is 2. The molecule has 1 fully saturated rings. The van der Waals surface area contributed by atoms with Gasteiger partial charge in [-0.15, -0.1) is 0 Å². The molecule has 1 aliphatic heterocycles. The summed E-state index contributed by atoms with van der Waals surface area (Å²) in [4.78, 5) is 17.6. The Bertz CT molecular complexity index is 395. The highest BCUT2D eigenvalue weighted by molar-refractivity contribution is 5.37. The lowest BCUT2D eigenvalue weighted by atomic mass is 9.92. The van der Waals surface area contributed by atoms with Gasteiger partial charge in [-0.2, -0.15) is 0 Å². The van der Waals surface area contributed by atoms with Crippen LogP contribution in [-0.2, 0) is 9.53 Å². The standard InChI is InChI=1S/C9H14N4.C5H10O2/c10-9-12-5-8(6-13-9)7-1-3-11-4-2-7;1-5(2,3)7-4-6/h5-7,11H,1-4H2,(H2,10,12,13);4H,1-3H3. The summed E-state index contributed by atoms with van der Waals surface area (Å²) < 4.78 is 4.55. The van der Waals surface area contributed by atoms with Gasteiger partial charge in [0.15, 0.2) is 0 Å². The van der Waals surface area contributed by atoms with Gasteiger partial charge >= 0.3 is 0 Å². The van der Waals surface area contributed by atoms with E-state index in [0.29, 0.717) is 18.3 Å². The summed E-state index contributed by atoms with van der Waals surface area (Å²) in [6.45, 7) is 8.11. The minimum atomic E-state index is -0.318. The molecule has 0 aromatic carbocycles. The van der Waals surface area contributed by atoms with Gasteiger partial charge in [0.1, 0.15) is 5.60 Å². The fourth-order valence-corrected chi connectivity index (χ4v) is 1.86. The molecule has 1 saturated heterocycles. The van der Waals surface area contributed by atoms with Crippen LogP contribution in [0.15, 0.2) is 12.4 Å². The maximum Gasteiger partial charge on any atom is 0.293 e. The van der Waals surface area contributed by atoms with Crippen molar-refractivity contribution >= 4 is 12.4 Å². The van der Waals surface area contributed by atoms with Crippen molar-refractivity contribution in [2.45, 2.75) is 45.1 Å². The Morgan fingerprint density at radius 2 is 1.85 bits per heavy atom. The number of nitrogen functional groups attached to an aromatic ring is 1. The smallest absolute Gasteiger partial charge is 0.293 e. The van der Waals surface area contributed by atoms with Crippen LogP contribution >= 0.6 is 0 Å². The quantitative estimate of drug-likeness (QED) is 0.798. The molecular weight excluding hydrogens is 256 g/mol. The lowest BCUT2D eigenvalue weighted by Crippen LogP contribution is -2.26. The summed E-state index contributed by atoms with van der Waals surface area (Å²) in [6.07, 6.45) is 6.04. The molecule has 0 saturated carbocycles. The highest BCUT2D eigenvalue weighted by Crippen LogP contribution is 2.23. The van der Waals surface area contributed by atoms with Crippen LogP contribution in [0.2, 0.25) is 0 Å². The summed E-state index contributed by atoms with van der Waals surface area (Å²) in [5.41, 5.74) is 6.32. The first-order valence-electron chi connectivity index (χ1n) is 6.82. The summed E-state index contributed by atoms with van der Waals surface area (Å²) in [5, 5.41) is 3.33. The summed E-state index contributed by atoms with van der Waals surface area (Å²) >= 11 is 0. The van der Waals surface area contributed by atoms with E-state index in [9.17, 15) is 4.79 Å². The third kappa shape index (κ3) is 6.47. The van der Waals surface area contributed by atoms with Crippen LogP contribution in [0.1, 0.15) is 45.1 Å². The maximum absolute atomic E-state index is 9.60. The van der Waals surface area contributed by atoms with Crippen LogP contribution in [-0.4, -0.2) is 35.1 Å². The van der Waals surface area contributed by atoms with Crippen molar-refractivity contribution in [3.05, 3.63) is 18.0 Å². The van der Waals surface area contributed by atoms with Crippen LogP contribution in [0, 0.1) is 0 Å². The largest absolute Gasteiger partial charge is 0.462 e. The third-order valence-electron chi connectivity index (χ3n) is 2.90. The van der Waals surface area contributed by atoms with Crippen molar-refractivity contribution in [2.75, 3.05) is 18.8 Å². The van der Waals surface area contributed by atoms with Gasteiger partial charge in [0.2, 0.25) is 5.95 Å². The normalized spacial score (nSPS) is 15.9. The van der Waals surface area contributed by atoms with Crippen LogP contribution in [0.5, 0.6) is 0 Å². The van der Waals surface area contributed by atoms with E-state index in [0.717, 1.165) is 13.1 Å². The van der Waals surface area contributed by atoms with Crippen LogP contribution in [0.25, 0.3) is 0 Å². The number of nitrogens with one attached hydrogen (secondary N) is 1. The molecule has 3 N–H and O–H groups in total. The minimum absolute atomic E-state index is 0.318. The Balaban J connectivity index is 0.000000246. The monoisotopic (exact) mass is 280 g/mol. The van der Waals surface area contributed by atoms with Gasteiger partial charge in [0.05, 0.1) is 0 Å². The Morgan fingerprint density at radius 3 is 2.25 bits per heavy atom. The molecule has 20 heavy (non-hydrogen) atoms. The topological polar surface area (TPSA) is 90.1 Å². The van der Waals surface area contributed by atoms with E-state index in [1.807, 2.05) is 33.2 Å². The first-order chi connectivity index (χ1) is 9.42. The Kier molecular flexibility index (Phi) is 6.38. The second-order valence-corrected chi connectivity index (χ2v) is 5.73. The van der Waals surface area contributed by atoms with Crippen molar-refractivity contribution in [2.24, 2.45) is 0 Å². The van der Waals surface area contributed by atoms with E-state index < -0.39 is 0 Å². The highest BCUT2D eigenvalue weighted by atomic mass is 16.5. The maximum atomic E-state index is 9.60. The fourth-order valence-electron chi connectivity index (χ4n) is 1.86. The van der Waals surface area contributed by atoms with Gasteiger partial charge < -0.3 is 15.8 Å². The lowest BCUT2D eigenvalue weighted by molar-refractivity contribution is -0.138. The van der Waals surface area contributed by atoms with Crippen molar-refractivity contribution in [3.8, 4) is 0 Å². The summed E-state index contributed by atoms with van der Waals surface area (Å²) in [7, 11) is 0. The number of rotatable bonds is 2. The molecule has 0 amide bonds. The number of carbonyl (C=O) groups excluding carboxylic acids is 1. The molecular formula is C14H24N4O2. The van der Waals surface area contributed by atoms with Gasteiger partial charge in [-0.25, -0.2) is 9.97 Å². The fraction of sp³-hybridized carbons (Fsp3) is 0.643. The summed E-state index contributed by atoms with van der Waals surface area (Å²) in [5.74, 6) is 0.972. The molecule has 0 aliphatic carbocycles. The molecule has 2 rings (SSSR count). The number of ether oxygens (including phenoxy) is 1. The van der Waals surface area contributed by atoms with E-state index in [-0.39, 0.29) is 5.60 Å². The zero-order valence-electron chi connectivity index (χ0n) is 12.4. The molecule has 0 radical (unpaired) electrons. The third-order valence-corrected chi connectivity index (χ3v) is 2.90. The number of anilines is 1. The number of hydrogen-bond acceptors (Lipinski definition) is 6. The van der Waals surface area contributed by atoms with Crippen LogP contribution in [0.3, 0.4) is 0 Å². The molecule has 0 bridgehead atoms. The molecule has 0 atom stereocenters. The number of piperidine rings is 1. The van der Waals surface area contributed by atoms with E-state index in [2.05, 4.69) is 20.0 Å². The van der Waals surface area contributed by atoms with Crippen molar-refractivity contribution in [1.82, 2.24) is 15.3 Å². The number of nitrogens with zero attached hydrogens (tertiary/aromatic N) is 2. The number of hydrogen-bond donors (Lipinski definition) is 2. The van der Waals surface area contributed by atoms with Gasteiger partial charge in [-0.1, -0.05) is 0 Å². The van der Waals surface area contributed by atoms with Crippen molar-refractivity contribution in [1.29, 1.82) is 0 Å². The van der Waals surface area contributed by atoms with E-state index in [4.69, 9.17) is 5.73 Å². The molecule has 1 aliphatic rings. The number of carbonyl (C=O) groups is 1. The first-order valence-corrected chi connectivity index (χ1v) is 6.82. The molecule has 6 nitrogen and oxygen atoms in total. The Morgan fingerprint density at radius 1 is 1.30 bits per heavy atom. The number of nitrogens with two attached hydrogens (primary N) is 1. The average Bonchev–Trinajstić information content (AvgIpc) is 2.40. The van der Waals surface area contributed by atoms with Crippen LogP contribution < -0.4 is 11.1 Å². The van der Waals surface area contributed by atoms with Crippen LogP contribution in [0.4, 0.5) is 5.95 Å². The van der Waals surface area contributed by atoms with Gasteiger partial charge in [0.25, 0.3) is 6.47 Å². The van der Waals surface area contributed by atoms with Crippen molar-refractivity contribution < 1.29 is 9.53 Å². The molecule has 0 spiro atoms. The molecule has 0 unspecified atom stereocenters. The van der Waals surface area contributed by atoms with Gasteiger partial charge in [0, 0.05) is 12.4 Å². The zero-order valence-corrected chi connectivity index (χ0v) is 12.4.